The van der Waals surface area contributed by atoms with Crippen LogP contribution in [0.15, 0.2) is 24.3 Å². The number of aliphatic carboxylic acids is 1. The molecular formula is C12H13F4NO3. The molecule has 0 spiro atoms. The van der Waals surface area contributed by atoms with E-state index in [1.165, 1.54) is 19.1 Å². The molecule has 2 N–H and O–H groups in total. The van der Waals surface area contributed by atoms with Crippen LogP contribution in [0.3, 0.4) is 0 Å². The van der Waals surface area contributed by atoms with Crippen LogP contribution in [-0.2, 0) is 4.79 Å². The molecule has 0 heterocycles. The average Bonchev–Trinajstić information content (AvgIpc) is 2.36. The highest BCUT2D eigenvalue weighted by Gasteiger charge is 2.38. The molecule has 0 aliphatic carbocycles. The highest BCUT2D eigenvalue weighted by molar-refractivity contribution is 5.99. The van der Waals surface area contributed by atoms with Gasteiger partial charge in [0.15, 0.2) is 5.78 Å². The zero-order valence-electron chi connectivity index (χ0n) is 13.2. The Morgan fingerprint density at radius 1 is 1.30 bits per heavy atom. The van der Waals surface area contributed by atoms with E-state index in [-0.39, 0.29) is 11.3 Å². The summed E-state index contributed by atoms with van der Waals surface area (Å²) in [6, 6.07) is 4.15. The number of carboxylic acids is 1. The lowest BCUT2D eigenvalue weighted by Crippen LogP contribution is -2.30. The normalized spacial score (nSPS) is 14.9. The summed E-state index contributed by atoms with van der Waals surface area (Å²) in [6.45, 7) is -0.910. The number of alkyl halides is 3. The molecule has 0 amide bonds. The number of likely N-dealkylation sites (N-methyl/N-ethyl adjacent to an activating group) is 1. The van der Waals surface area contributed by atoms with Gasteiger partial charge in [-0.25, -0.2) is 9.18 Å². The molecule has 1 aromatic rings. The van der Waals surface area contributed by atoms with Crippen molar-refractivity contribution in [3.05, 3.63) is 35.6 Å². The molecule has 1 aromatic carbocycles. The molecule has 1 atom stereocenters. The molecule has 20 heavy (non-hydrogen) atoms. The number of carboxylic acid groups (broad SMARTS) is 1. The fraction of sp³-hybridized carbons (Fsp3) is 0.333. The lowest BCUT2D eigenvalue weighted by Gasteiger charge is -2.08. The van der Waals surface area contributed by atoms with E-state index in [2.05, 4.69) is 5.32 Å². The van der Waals surface area contributed by atoms with Gasteiger partial charge < -0.3 is 10.4 Å². The first-order valence-corrected chi connectivity index (χ1v) is 5.11. The number of rotatable bonds is 3. The fourth-order valence-electron chi connectivity index (χ4n) is 0.930. The Labute approximate surface area is 116 Å². The Morgan fingerprint density at radius 2 is 1.75 bits per heavy atom. The van der Waals surface area contributed by atoms with Gasteiger partial charge in [-0.15, -0.1) is 0 Å². The van der Waals surface area contributed by atoms with Crippen molar-refractivity contribution in [3.63, 3.8) is 0 Å². The van der Waals surface area contributed by atoms with Crippen molar-refractivity contribution in [2.45, 2.75) is 19.1 Å². The molecule has 1 unspecified atom stereocenters. The van der Waals surface area contributed by atoms with E-state index in [9.17, 15) is 22.4 Å². The maximum atomic E-state index is 12.6. The van der Waals surface area contributed by atoms with Crippen LogP contribution >= 0.6 is 0 Å². The number of Topliss-reactive ketones (excluding diaryl/α,β-unsaturated/α-hetero) is 1. The summed E-state index contributed by atoms with van der Waals surface area (Å²) in [7, 11) is 0. The second-order valence-electron chi connectivity index (χ2n) is 3.54. The maximum Gasteiger partial charge on any atom is 0.490 e. The maximum absolute atomic E-state index is 12.6. The summed E-state index contributed by atoms with van der Waals surface area (Å²) < 4.78 is 65.2. The fourth-order valence-corrected chi connectivity index (χ4v) is 0.930. The molecule has 4 nitrogen and oxygen atoms in total. The van der Waals surface area contributed by atoms with Gasteiger partial charge in [-0.3, -0.25) is 4.79 Å². The Morgan fingerprint density at radius 3 is 2.10 bits per heavy atom. The Balaban J connectivity index is 0.000000585. The third kappa shape index (κ3) is 6.28. The van der Waals surface area contributed by atoms with Crippen LogP contribution < -0.4 is 5.32 Å². The number of carbonyl (C=O) groups is 2. The molecule has 8 heteroatoms. The van der Waals surface area contributed by atoms with E-state index in [4.69, 9.17) is 14.0 Å². The van der Waals surface area contributed by atoms with Crippen molar-refractivity contribution in [3.8, 4) is 0 Å². The molecule has 0 fully saturated rings. The molecule has 0 bridgehead atoms. The quantitative estimate of drug-likeness (QED) is 0.663. The SMILES string of the molecule is O=C(O)C(F)(F)F.[2H]C([2H])([2H])NC(C)C(=O)c1ccc(F)cc1. The van der Waals surface area contributed by atoms with Gasteiger partial charge in [-0.1, -0.05) is 0 Å². The van der Waals surface area contributed by atoms with Crippen molar-refractivity contribution < 1.29 is 36.4 Å². The topological polar surface area (TPSA) is 66.4 Å². The standard InChI is InChI=1S/C10H12FNO.C2HF3O2/c1-7(12-2)10(13)8-3-5-9(11)6-4-8;3-2(4,5)1(6)7/h3-7,12H,1-2H3;(H,6,7)/i2D3;. The molecule has 1 rings (SSSR count). The number of hydrogen-bond acceptors (Lipinski definition) is 3. The van der Waals surface area contributed by atoms with E-state index in [1.807, 2.05) is 0 Å². The smallest absolute Gasteiger partial charge is 0.475 e. The molecule has 0 radical (unpaired) electrons. The predicted molar refractivity (Wildman–Crippen MR) is 62.9 cm³/mol. The zero-order valence-corrected chi connectivity index (χ0v) is 10.2. The van der Waals surface area contributed by atoms with Crippen LogP contribution in [0, 0.1) is 5.82 Å². The van der Waals surface area contributed by atoms with E-state index < -0.39 is 31.0 Å². The van der Waals surface area contributed by atoms with Gasteiger partial charge in [0.25, 0.3) is 0 Å². The Kier molecular flexibility index (Phi) is 4.95. The van der Waals surface area contributed by atoms with Gasteiger partial charge in [0, 0.05) is 9.68 Å². The third-order valence-electron chi connectivity index (χ3n) is 1.98. The molecule has 0 aliphatic rings. The van der Waals surface area contributed by atoms with Gasteiger partial charge in [0.1, 0.15) is 5.82 Å². The highest BCUT2D eigenvalue weighted by atomic mass is 19.4. The molecule has 112 valence electrons. The second-order valence-corrected chi connectivity index (χ2v) is 3.54. The third-order valence-corrected chi connectivity index (χ3v) is 1.98. The lowest BCUT2D eigenvalue weighted by molar-refractivity contribution is -0.192. The van der Waals surface area contributed by atoms with Crippen LogP contribution in [0.25, 0.3) is 0 Å². The van der Waals surface area contributed by atoms with Gasteiger partial charge in [0.2, 0.25) is 0 Å². The van der Waals surface area contributed by atoms with Crippen molar-refractivity contribution in [1.29, 1.82) is 0 Å². The monoisotopic (exact) mass is 298 g/mol. The van der Waals surface area contributed by atoms with Crippen LogP contribution in [-0.4, -0.2) is 36.1 Å². The second kappa shape index (κ2) is 7.59. The number of ketones is 1. The average molecular weight is 298 g/mol. The Bertz CT molecular complexity index is 544. The highest BCUT2D eigenvalue weighted by Crippen LogP contribution is 2.13. The first-order chi connectivity index (χ1) is 10.2. The lowest BCUT2D eigenvalue weighted by atomic mass is 10.1. The van der Waals surface area contributed by atoms with Crippen molar-refractivity contribution in [1.82, 2.24) is 5.32 Å². The molecular weight excluding hydrogens is 282 g/mol. The van der Waals surface area contributed by atoms with E-state index in [0.717, 1.165) is 12.1 Å². The van der Waals surface area contributed by atoms with Crippen LogP contribution in [0.2, 0.25) is 0 Å². The summed E-state index contributed by atoms with van der Waals surface area (Å²) in [5, 5.41) is 9.31. The van der Waals surface area contributed by atoms with Crippen LogP contribution in [0.5, 0.6) is 0 Å². The number of nitrogens with one attached hydrogen (secondary N) is 1. The summed E-state index contributed by atoms with van der Waals surface area (Å²) in [5.74, 6) is -3.57. The van der Waals surface area contributed by atoms with Gasteiger partial charge in [-0.05, 0) is 38.2 Å². The first-order valence-electron chi connectivity index (χ1n) is 6.61. The number of halogens is 4. The summed E-state index contributed by atoms with van der Waals surface area (Å²) >= 11 is 0. The minimum atomic E-state index is -5.08. The van der Waals surface area contributed by atoms with E-state index >= 15 is 0 Å². The minimum absolute atomic E-state index is 0.283. The van der Waals surface area contributed by atoms with Gasteiger partial charge in [-0.2, -0.15) is 13.2 Å². The summed E-state index contributed by atoms with van der Waals surface area (Å²) in [6.07, 6.45) is -5.08. The summed E-state index contributed by atoms with van der Waals surface area (Å²) in [4.78, 5) is 20.6. The molecule has 0 saturated heterocycles. The Hall–Kier alpha value is -1.96. The summed E-state index contributed by atoms with van der Waals surface area (Å²) in [5.41, 5.74) is 0.283. The molecule has 0 aliphatic heterocycles. The zero-order chi connectivity index (χ0) is 18.4. The van der Waals surface area contributed by atoms with Crippen molar-refractivity contribution >= 4 is 11.8 Å². The molecule has 0 saturated carbocycles. The van der Waals surface area contributed by atoms with Gasteiger partial charge in [0.05, 0.1) is 6.04 Å². The van der Waals surface area contributed by atoms with E-state index in [0.29, 0.717) is 0 Å². The number of hydrogen-bond donors (Lipinski definition) is 2. The van der Waals surface area contributed by atoms with E-state index in [1.54, 1.807) is 0 Å². The van der Waals surface area contributed by atoms with Crippen LogP contribution in [0.4, 0.5) is 17.6 Å². The largest absolute Gasteiger partial charge is 0.490 e. The number of benzene rings is 1. The van der Waals surface area contributed by atoms with Crippen molar-refractivity contribution in [2.75, 3.05) is 6.98 Å². The van der Waals surface area contributed by atoms with Gasteiger partial charge >= 0.3 is 12.1 Å². The first kappa shape index (κ1) is 13.0. The predicted octanol–water partition coefficient (Wildman–Crippen LogP) is 2.25. The number of carbonyl (C=O) groups excluding carboxylic acids is 1. The van der Waals surface area contributed by atoms with Crippen molar-refractivity contribution in [2.24, 2.45) is 0 Å². The minimum Gasteiger partial charge on any atom is -0.475 e. The molecule has 0 aromatic heterocycles. The van der Waals surface area contributed by atoms with Crippen LogP contribution in [0.1, 0.15) is 21.4 Å².